The fourth-order valence-electron chi connectivity index (χ4n) is 2.34. The van der Waals surface area contributed by atoms with E-state index in [9.17, 15) is 4.39 Å². The van der Waals surface area contributed by atoms with Crippen molar-refractivity contribution in [1.29, 1.82) is 0 Å². The van der Waals surface area contributed by atoms with Crippen molar-refractivity contribution in [2.24, 2.45) is 5.92 Å². The van der Waals surface area contributed by atoms with Gasteiger partial charge in [-0.2, -0.15) is 0 Å². The van der Waals surface area contributed by atoms with Gasteiger partial charge in [0, 0.05) is 18.2 Å². The summed E-state index contributed by atoms with van der Waals surface area (Å²) < 4.78 is 19.3. The smallest absolute Gasteiger partial charge is 0.167 e. The highest BCUT2D eigenvalue weighted by molar-refractivity contribution is 5.69. The van der Waals surface area contributed by atoms with Gasteiger partial charge >= 0.3 is 0 Å². The van der Waals surface area contributed by atoms with Gasteiger partial charge in [-0.05, 0) is 32.6 Å². The second kappa shape index (κ2) is 6.33. The van der Waals surface area contributed by atoms with E-state index in [4.69, 9.17) is 10.5 Å². The van der Waals surface area contributed by atoms with Crippen LogP contribution in [0.5, 0.6) is 5.75 Å². The van der Waals surface area contributed by atoms with E-state index in [-0.39, 0.29) is 11.9 Å². The lowest BCUT2D eigenvalue weighted by molar-refractivity contribution is 0.231. The van der Waals surface area contributed by atoms with Gasteiger partial charge in [-0.25, -0.2) is 4.39 Å². The molecular formula is C16H25FN2O. The van der Waals surface area contributed by atoms with E-state index < -0.39 is 5.82 Å². The summed E-state index contributed by atoms with van der Waals surface area (Å²) in [6, 6.07) is 3.41. The standard InChI is InChI=1S/C16H25FN2O/c1-4-12(7-11-5-6-11)19-15-9-16(20-10(2)3)13(17)8-14(15)18/h8-12,19H,4-7,18H2,1-3H3. The molecule has 1 aromatic carbocycles. The van der Waals surface area contributed by atoms with Crippen molar-refractivity contribution in [3.8, 4) is 5.75 Å². The summed E-state index contributed by atoms with van der Waals surface area (Å²) in [5.74, 6) is 0.704. The Morgan fingerprint density at radius 1 is 1.40 bits per heavy atom. The van der Waals surface area contributed by atoms with Crippen molar-refractivity contribution in [3.05, 3.63) is 17.9 Å². The SMILES string of the molecule is CCC(CC1CC1)Nc1cc(OC(C)C)c(F)cc1N. The van der Waals surface area contributed by atoms with Gasteiger partial charge in [0.25, 0.3) is 0 Å². The van der Waals surface area contributed by atoms with Gasteiger partial charge in [0.2, 0.25) is 0 Å². The Hall–Kier alpha value is -1.45. The Labute approximate surface area is 120 Å². The number of hydrogen-bond acceptors (Lipinski definition) is 3. The number of ether oxygens (including phenoxy) is 1. The molecule has 1 atom stereocenters. The highest BCUT2D eigenvalue weighted by Crippen LogP contribution is 2.36. The zero-order valence-corrected chi connectivity index (χ0v) is 12.6. The number of nitrogens with one attached hydrogen (secondary N) is 1. The molecular weight excluding hydrogens is 255 g/mol. The molecule has 2 rings (SSSR count). The summed E-state index contributed by atoms with van der Waals surface area (Å²) in [7, 11) is 0. The molecule has 0 bridgehead atoms. The van der Waals surface area contributed by atoms with E-state index >= 15 is 0 Å². The molecule has 1 aliphatic carbocycles. The molecule has 0 spiro atoms. The second-order valence-electron chi connectivity index (χ2n) is 5.97. The first-order valence-corrected chi connectivity index (χ1v) is 7.51. The summed E-state index contributed by atoms with van der Waals surface area (Å²) in [4.78, 5) is 0. The molecule has 1 unspecified atom stereocenters. The Kier molecular flexibility index (Phi) is 4.73. The number of rotatable bonds is 7. The second-order valence-corrected chi connectivity index (χ2v) is 5.97. The van der Waals surface area contributed by atoms with Crippen LogP contribution in [0.2, 0.25) is 0 Å². The van der Waals surface area contributed by atoms with Gasteiger partial charge < -0.3 is 15.8 Å². The Morgan fingerprint density at radius 2 is 2.10 bits per heavy atom. The van der Waals surface area contributed by atoms with Crippen LogP contribution in [-0.2, 0) is 0 Å². The van der Waals surface area contributed by atoms with E-state index in [1.165, 1.54) is 18.9 Å². The van der Waals surface area contributed by atoms with Gasteiger partial charge in [-0.3, -0.25) is 0 Å². The van der Waals surface area contributed by atoms with E-state index in [1.807, 2.05) is 13.8 Å². The van der Waals surface area contributed by atoms with Gasteiger partial charge in [0.1, 0.15) is 0 Å². The molecule has 0 heterocycles. The topological polar surface area (TPSA) is 47.3 Å². The molecule has 0 radical (unpaired) electrons. The summed E-state index contributed by atoms with van der Waals surface area (Å²) >= 11 is 0. The van der Waals surface area contributed by atoms with Crippen LogP contribution in [-0.4, -0.2) is 12.1 Å². The molecule has 1 aliphatic rings. The third-order valence-electron chi connectivity index (χ3n) is 3.63. The lowest BCUT2D eigenvalue weighted by atomic mass is 10.1. The number of benzene rings is 1. The van der Waals surface area contributed by atoms with Crippen LogP contribution < -0.4 is 15.8 Å². The van der Waals surface area contributed by atoms with Gasteiger partial charge in [0.05, 0.1) is 17.5 Å². The first-order valence-electron chi connectivity index (χ1n) is 7.51. The van der Waals surface area contributed by atoms with Crippen molar-refractivity contribution >= 4 is 11.4 Å². The van der Waals surface area contributed by atoms with E-state index in [0.717, 1.165) is 24.4 Å². The minimum atomic E-state index is -0.406. The van der Waals surface area contributed by atoms with Crippen LogP contribution >= 0.6 is 0 Å². The molecule has 1 fully saturated rings. The average Bonchev–Trinajstić information content (AvgIpc) is 3.17. The van der Waals surface area contributed by atoms with Crippen LogP contribution in [0.3, 0.4) is 0 Å². The van der Waals surface area contributed by atoms with Crippen LogP contribution in [0.4, 0.5) is 15.8 Å². The largest absolute Gasteiger partial charge is 0.488 e. The highest BCUT2D eigenvalue weighted by atomic mass is 19.1. The first-order chi connectivity index (χ1) is 9.49. The third kappa shape index (κ3) is 4.02. The third-order valence-corrected chi connectivity index (χ3v) is 3.63. The molecule has 1 aromatic rings. The zero-order valence-electron chi connectivity index (χ0n) is 12.6. The van der Waals surface area contributed by atoms with Crippen LogP contribution in [0, 0.1) is 11.7 Å². The predicted octanol–water partition coefficient (Wildman–Crippen LogP) is 4.19. The highest BCUT2D eigenvalue weighted by Gasteiger charge is 2.25. The maximum absolute atomic E-state index is 13.8. The van der Waals surface area contributed by atoms with Crippen LogP contribution in [0.1, 0.15) is 46.5 Å². The molecule has 0 aliphatic heterocycles. The number of anilines is 2. The lowest BCUT2D eigenvalue weighted by Crippen LogP contribution is -2.20. The monoisotopic (exact) mass is 280 g/mol. The van der Waals surface area contributed by atoms with Crippen LogP contribution in [0.15, 0.2) is 12.1 Å². The van der Waals surface area contributed by atoms with Gasteiger partial charge in [0.15, 0.2) is 11.6 Å². The Morgan fingerprint density at radius 3 is 2.65 bits per heavy atom. The van der Waals surface area contributed by atoms with E-state index in [0.29, 0.717) is 11.7 Å². The minimum Gasteiger partial charge on any atom is -0.488 e. The first kappa shape index (κ1) is 14.9. The predicted molar refractivity (Wildman–Crippen MR) is 81.6 cm³/mol. The molecule has 4 heteroatoms. The van der Waals surface area contributed by atoms with Crippen molar-refractivity contribution in [2.75, 3.05) is 11.1 Å². The molecule has 1 saturated carbocycles. The molecule has 0 aromatic heterocycles. The number of nitrogens with two attached hydrogens (primary N) is 1. The lowest BCUT2D eigenvalue weighted by Gasteiger charge is -2.21. The molecule has 3 N–H and O–H groups in total. The fourth-order valence-corrected chi connectivity index (χ4v) is 2.34. The summed E-state index contributed by atoms with van der Waals surface area (Å²) in [5, 5.41) is 3.44. The van der Waals surface area contributed by atoms with Crippen molar-refractivity contribution in [2.45, 2.75) is 58.6 Å². The summed E-state index contributed by atoms with van der Waals surface area (Å²) in [5.41, 5.74) is 7.12. The fraction of sp³-hybridized carbons (Fsp3) is 0.625. The van der Waals surface area contributed by atoms with Crippen molar-refractivity contribution in [3.63, 3.8) is 0 Å². The number of halogens is 1. The van der Waals surface area contributed by atoms with Gasteiger partial charge in [-0.15, -0.1) is 0 Å². The molecule has 112 valence electrons. The van der Waals surface area contributed by atoms with E-state index in [1.54, 1.807) is 6.07 Å². The number of nitrogen functional groups attached to an aromatic ring is 1. The number of hydrogen-bond donors (Lipinski definition) is 2. The van der Waals surface area contributed by atoms with Crippen molar-refractivity contribution < 1.29 is 9.13 Å². The quantitative estimate of drug-likeness (QED) is 0.736. The summed E-state index contributed by atoms with van der Waals surface area (Å²) in [6.45, 7) is 5.92. The normalized spacial score (nSPS) is 16.2. The molecule has 20 heavy (non-hydrogen) atoms. The maximum atomic E-state index is 13.8. The average molecular weight is 280 g/mol. The maximum Gasteiger partial charge on any atom is 0.167 e. The van der Waals surface area contributed by atoms with Gasteiger partial charge in [-0.1, -0.05) is 19.8 Å². The van der Waals surface area contributed by atoms with E-state index in [2.05, 4.69) is 12.2 Å². The Balaban J connectivity index is 2.12. The minimum absolute atomic E-state index is 0.0607. The summed E-state index contributed by atoms with van der Waals surface area (Å²) in [6.07, 6.45) is 4.80. The molecule has 0 amide bonds. The molecule has 0 saturated heterocycles. The zero-order chi connectivity index (χ0) is 14.7. The Bertz CT molecular complexity index is 458. The van der Waals surface area contributed by atoms with Crippen molar-refractivity contribution in [1.82, 2.24) is 0 Å². The van der Waals surface area contributed by atoms with Crippen LogP contribution in [0.25, 0.3) is 0 Å². The molecule has 3 nitrogen and oxygen atoms in total.